The van der Waals surface area contributed by atoms with Gasteiger partial charge in [0.05, 0.1) is 18.2 Å². The molecule has 358 valence electrons. The third kappa shape index (κ3) is 112. The Balaban J connectivity index is -0.000000108. The molecule has 2 fully saturated rings. The number of piperazine rings is 2. The summed E-state index contributed by atoms with van der Waals surface area (Å²) in [6, 6.07) is 5.60. The number of nitriles is 3. The second-order valence-corrected chi connectivity index (χ2v) is 18.7. The summed E-state index contributed by atoms with van der Waals surface area (Å²) < 4.78 is 0. The minimum atomic E-state index is -0.375. The number of rotatable bonds is 22. The third-order valence-corrected chi connectivity index (χ3v) is 6.96. The Labute approximate surface area is 384 Å². The van der Waals surface area contributed by atoms with Crippen molar-refractivity contribution in [3.8, 4) is 18.2 Å². The average Bonchev–Trinajstić information content (AvgIpc) is 3.29. The van der Waals surface area contributed by atoms with Gasteiger partial charge in [-0.25, -0.2) is 6.57 Å². The van der Waals surface area contributed by atoms with Crippen LogP contribution in [0.4, 0.5) is 0 Å². The zero-order chi connectivity index (χ0) is 46.7. The van der Waals surface area contributed by atoms with Crippen LogP contribution in [0.2, 0.25) is 0 Å². The van der Waals surface area contributed by atoms with E-state index >= 15 is 0 Å². The summed E-state index contributed by atoms with van der Waals surface area (Å²) in [4.78, 5) is 5.51. The highest BCUT2D eigenvalue weighted by molar-refractivity contribution is 14.2. The smallest absolute Gasteiger partial charge is 0.268 e. The topological polar surface area (TPSA) is 368 Å². The molecule has 0 aromatic heterocycles. The van der Waals surface area contributed by atoms with Crippen molar-refractivity contribution in [2.45, 2.75) is 77.0 Å². The molecule has 0 aromatic carbocycles. The first-order valence-electron chi connectivity index (χ1n) is 21.3. The Kier molecular flexibility index (Phi) is 109. The lowest BCUT2D eigenvalue weighted by molar-refractivity contribution is 0.247. The number of halogens is 1. The number of unbranched alkanes of at least 4 members (excludes halogenated alkanes) is 8. The number of aliphatic hydroxyl groups is 1. The maximum absolute atomic E-state index is 8.15. The van der Waals surface area contributed by atoms with Crippen molar-refractivity contribution < 1.29 is 5.11 Å². The second kappa shape index (κ2) is 89.0. The van der Waals surface area contributed by atoms with Gasteiger partial charge in [0.2, 0.25) is 0 Å². The van der Waals surface area contributed by atoms with Gasteiger partial charge in [0.25, 0.3) is 6.67 Å². The number of hydrogen-bond donors (Lipinski definition) is 14. The lowest BCUT2D eigenvalue weighted by atomic mass is 10.2. The van der Waals surface area contributed by atoms with Crippen LogP contribution in [0.25, 0.3) is 4.85 Å². The van der Waals surface area contributed by atoms with Crippen LogP contribution in [0.3, 0.4) is 0 Å². The molecule has 0 aliphatic carbocycles. The number of nitrogens with two attached hydrogens (primary N) is 8. The molecule has 22 N–H and O–H groups in total. The van der Waals surface area contributed by atoms with Crippen molar-refractivity contribution >= 4 is 36.9 Å². The molecule has 22 heteroatoms. The van der Waals surface area contributed by atoms with Gasteiger partial charge in [-0.15, -0.1) is 8.93 Å². The van der Waals surface area contributed by atoms with Crippen molar-refractivity contribution in [2.24, 2.45) is 45.9 Å². The van der Waals surface area contributed by atoms with E-state index in [0.717, 1.165) is 162 Å². The van der Waals surface area contributed by atoms with Crippen LogP contribution in [-0.4, -0.2) is 154 Å². The van der Waals surface area contributed by atoms with E-state index < -0.39 is 0 Å². The van der Waals surface area contributed by atoms with Gasteiger partial charge in [-0.05, 0) is 90.0 Å². The Hall–Kier alpha value is -1.05. The van der Waals surface area contributed by atoms with Crippen LogP contribution in [0.15, 0.2) is 0 Å². The lowest BCUT2D eigenvalue weighted by Gasteiger charge is -2.26. The summed E-state index contributed by atoms with van der Waals surface area (Å²) in [5, 5.41) is 46.9. The van der Waals surface area contributed by atoms with E-state index in [1.54, 1.807) is 0 Å². The van der Waals surface area contributed by atoms with E-state index in [1.807, 2.05) is 6.07 Å². The van der Waals surface area contributed by atoms with Gasteiger partial charge in [-0.1, -0.05) is 34.9 Å². The largest absolute Gasteiger partial charge is 0.381 e. The van der Waals surface area contributed by atoms with E-state index in [4.69, 9.17) is 73.3 Å². The summed E-state index contributed by atoms with van der Waals surface area (Å²) in [5.41, 5.74) is 41.4. The molecule has 0 bridgehead atoms. The first kappa shape index (κ1) is 73.4. The fourth-order valence-electron chi connectivity index (χ4n) is 3.92. The number of nitrogens with zero attached hydrogens (tertiary/aromatic N) is 5. The molecule has 2 unspecified atom stereocenters. The molecule has 0 saturated carbocycles. The Morgan fingerprint density at radius 2 is 0.967 bits per heavy atom. The lowest BCUT2D eigenvalue weighted by Crippen LogP contribution is -2.45. The zero-order valence-electron chi connectivity index (χ0n) is 37.3. The van der Waals surface area contributed by atoms with E-state index in [9.17, 15) is 0 Å². The maximum atomic E-state index is 8.15. The SMILES string of the molecule is C1CNCCN1.N#CCCCCN.N#CCO.NCCCCCN.NCCCCCNCCN.NCCN.NCCN1CCNCC1.PPI.[C-]#[N+]CNCCCCC#N. The number of nitrogens with one attached hydrogen (secondary N) is 5. The fraction of sp³-hybridized carbons (Fsp3) is 0.895. The Bertz CT molecular complexity index is 796. The predicted molar refractivity (Wildman–Crippen MR) is 271 cm³/mol. The molecule has 0 aromatic rings. The van der Waals surface area contributed by atoms with Gasteiger partial charge < -0.3 is 72.2 Å². The minimum absolute atomic E-state index is 0.375. The molecule has 0 radical (unpaired) electrons. The van der Waals surface area contributed by atoms with Crippen molar-refractivity contribution in [1.29, 1.82) is 15.8 Å². The summed E-state index contributed by atoms with van der Waals surface area (Å²) in [6.07, 6.45) is 12.2. The van der Waals surface area contributed by atoms with Crippen molar-refractivity contribution in [3.05, 3.63) is 11.4 Å². The van der Waals surface area contributed by atoms with Crippen LogP contribution in [-0.2, 0) is 0 Å². The second-order valence-electron chi connectivity index (χ2n) is 12.2. The molecule has 2 atom stereocenters. The van der Waals surface area contributed by atoms with Gasteiger partial charge in [0, 0.05) is 111 Å². The van der Waals surface area contributed by atoms with Crippen molar-refractivity contribution in [3.63, 3.8) is 0 Å². The highest BCUT2D eigenvalue weighted by Crippen LogP contribution is 2.28. The molecule has 2 saturated heterocycles. The van der Waals surface area contributed by atoms with E-state index in [-0.39, 0.29) is 6.61 Å². The molecule has 60 heavy (non-hydrogen) atoms. The minimum Gasteiger partial charge on any atom is -0.381 e. The molecule has 2 heterocycles. The van der Waals surface area contributed by atoms with Crippen molar-refractivity contribution in [2.75, 3.05) is 144 Å². The monoisotopic (exact) mass is 1010 g/mol. The molecule has 19 nitrogen and oxygen atoms in total. The highest BCUT2D eigenvalue weighted by Gasteiger charge is 2.06. The summed E-state index contributed by atoms with van der Waals surface area (Å²) in [5.74, 6) is 0.970. The Morgan fingerprint density at radius 1 is 0.583 bits per heavy atom. The quantitative estimate of drug-likeness (QED) is 0.0219. The van der Waals surface area contributed by atoms with Crippen LogP contribution in [0, 0.1) is 40.6 Å². The fourth-order valence-corrected chi connectivity index (χ4v) is 3.92. The van der Waals surface area contributed by atoms with Gasteiger partial charge in [-0.2, -0.15) is 15.8 Å². The van der Waals surface area contributed by atoms with Gasteiger partial charge in [-0.3, -0.25) is 15.1 Å². The van der Waals surface area contributed by atoms with E-state index in [0.29, 0.717) is 39.1 Å². The molecule has 2 rings (SSSR count). The van der Waals surface area contributed by atoms with E-state index in [2.05, 4.69) is 73.4 Å². The predicted octanol–water partition coefficient (Wildman–Crippen LogP) is -0.236. The average molecular weight is 1010 g/mol. The van der Waals surface area contributed by atoms with Gasteiger partial charge in [0.15, 0.2) is 0 Å². The first-order valence-corrected chi connectivity index (χ1v) is 27.2. The van der Waals surface area contributed by atoms with E-state index in [1.165, 1.54) is 25.3 Å². The number of aliphatic hydroxyl groups excluding tert-OH is 1. The first-order chi connectivity index (χ1) is 29.3. The van der Waals surface area contributed by atoms with Gasteiger partial charge >= 0.3 is 0 Å². The molecule has 0 spiro atoms. The summed E-state index contributed by atoms with van der Waals surface area (Å²) in [6.45, 7) is 25.4. The van der Waals surface area contributed by atoms with Crippen molar-refractivity contribution in [1.82, 2.24) is 31.5 Å². The summed E-state index contributed by atoms with van der Waals surface area (Å²) >= 11 is 2.28. The highest BCUT2D eigenvalue weighted by atomic mass is 127. The molecular formula is C38H93IN18OP2. The molecule has 2 aliphatic heterocycles. The number of hydrogen-bond acceptors (Lipinski definition) is 18. The van der Waals surface area contributed by atoms with Crippen LogP contribution < -0.4 is 72.5 Å². The van der Waals surface area contributed by atoms with Crippen LogP contribution >= 0.6 is 36.9 Å². The zero-order valence-corrected chi connectivity index (χ0v) is 41.6. The Morgan fingerprint density at radius 3 is 1.32 bits per heavy atom. The summed E-state index contributed by atoms with van der Waals surface area (Å²) in [7, 11) is 2.59. The maximum Gasteiger partial charge on any atom is 0.268 e. The standard InChI is InChI=1S/C7H11N3.C7H19N3.C6H15N3.C5H14N2.C5H10N2.C4H10N2.C2H8N2.C2H3NO.H3IP2/c1-9-7-10-6-4-2-3-5-8;8-4-2-1-3-6-10-7-5-9;7-1-4-9-5-2-8-3-6-9;2*6-4-2-1-3-5-7;1-2-6-4-3-5-1;2*3-1-2-4;1-3-2/h10H,2-4,6-7H2;10H,1-9H2;8H,1-7H2;1-7H2;1-4,6H2;5-6H,1-4H2;1-4H2;4H,2H2;3H,2H2. The third-order valence-electron chi connectivity index (χ3n) is 6.96. The van der Waals surface area contributed by atoms with Gasteiger partial charge in [0.1, 0.15) is 6.61 Å². The van der Waals surface area contributed by atoms with Crippen LogP contribution in [0.5, 0.6) is 0 Å². The molecule has 2 aliphatic rings. The normalized spacial score (nSPS) is 12.2. The van der Waals surface area contributed by atoms with Crippen LogP contribution in [0.1, 0.15) is 77.0 Å². The molecular weight excluding hydrogens is 913 g/mol. The molecule has 0 amide bonds.